The van der Waals surface area contributed by atoms with Crippen LogP contribution in [-0.2, 0) is 11.3 Å². The number of rotatable bonds is 6. The second-order valence-corrected chi connectivity index (χ2v) is 5.11. The molecule has 2 rings (SSSR count). The maximum atomic E-state index is 5.45. The average Bonchev–Trinajstić information content (AvgIpc) is 2.63. The Hall–Kier alpha value is -1.06. The van der Waals surface area contributed by atoms with Crippen LogP contribution in [0.3, 0.4) is 0 Å². The third kappa shape index (κ3) is 3.95. The van der Waals surface area contributed by atoms with Crippen molar-refractivity contribution in [2.75, 3.05) is 31.2 Å². The van der Waals surface area contributed by atoms with Crippen LogP contribution in [0.15, 0.2) is 24.3 Å². The van der Waals surface area contributed by atoms with Gasteiger partial charge in [0, 0.05) is 44.6 Å². The summed E-state index contributed by atoms with van der Waals surface area (Å²) in [5.74, 6) is 0. The fraction of sp³-hybridized carbons (Fsp3) is 0.625. The highest BCUT2D eigenvalue weighted by molar-refractivity contribution is 5.54. The molecule has 1 heterocycles. The van der Waals surface area contributed by atoms with Gasteiger partial charge in [-0.15, -0.1) is 0 Å². The maximum absolute atomic E-state index is 5.45. The summed E-state index contributed by atoms with van der Waals surface area (Å²) in [5.41, 5.74) is 2.80. The van der Waals surface area contributed by atoms with Gasteiger partial charge in [0.2, 0.25) is 0 Å². The van der Waals surface area contributed by atoms with Gasteiger partial charge in [-0.25, -0.2) is 0 Å². The van der Waals surface area contributed by atoms with Gasteiger partial charge in [0.15, 0.2) is 0 Å². The number of fused-ring (bicyclic) bond motifs is 1. The molecular weight excluding hydrogens is 236 g/mol. The molecule has 0 saturated heterocycles. The van der Waals surface area contributed by atoms with E-state index in [4.69, 9.17) is 4.74 Å². The summed E-state index contributed by atoms with van der Waals surface area (Å²) in [6, 6.07) is 9.33. The number of hydrogen-bond acceptors (Lipinski definition) is 3. The summed E-state index contributed by atoms with van der Waals surface area (Å²) in [7, 11) is 0. The van der Waals surface area contributed by atoms with Crippen molar-refractivity contribution in [3.63, 3.8) is 0 Å². The summed E-state index contributed by atoms with van der Waals surface area (Å²) >= 11 is 0. The Kier molecular flexibility index (Phi) is 5.67. The minimum absolute atomic E-state index is 0.583. The summed E-state index contributed by atoms with van der Waals surface area (Å²) in [6.07, 6.45) is 2.27. The van der Waals surface area contributed by atoms with Crippen LogP contribution < -0.4 is 10.2 Å². The van der Waals surface area contributed by atoms with Gasteiger partial charge < -0.3 is 15.0 Å². The molecule has 1 unspecified atom stereocenters. The van der Waals surface area contributed by atoms with Gasteiger partial charge in [-0.3, -0.25) is 0 Å². The van der Waals surface area contributed by atoms with Gasteiger partial charge in [0.1, 0.15) is 0 Å². The third-order valence-electron chi connectivity index (χ3n) is 3.77. The van der Waals surface area contributed by atoms with E-state index in [0.29, 0.717) is 6.04 Å². The molecule has 3 nitrogen and oxygen atoms in total. The topological polar surface area (TPSA) is 24.5 Å². The van der Waals surface area contributed by atoms with Crippen molar-refractivity contribution in [2.45, 2.75) is 39.3 Å². The molecule has 1 aromatic carbocycles. The quantitative estimate of drug-likeness (QED) is 0.798. The SMILES string of the molecule is CCOCCCN1CC(CC)NCc2ccccc21. The lowest BCUT2D eigenvalue weighted by molar-refractivity contribution is 0.146. The van der Waals surface area contributed by atoms with Crippen molar-refractivity contribution in [3.8, 4) is 0 Å². The van der Waals surface area contributed by atoms with Crippen LogP contribution >= 0.6 is 0 Å². The second-order valence-electron chi connectivity index (χ2n) is 5.11. The Morgan fingerprint density at radius 3 is 2.95 bits per heavy atom. The summed E-state index contributed by atoms with van der Waals surface area (Å²) in [5, 5.41) is 3.65. The summed E-state index contributed by atoms with van der Waals surface area (Å²) < 4.78 is 5.45. The van der Waals surface area contributed by atoms with E-state index in [-0.39, 0.29) is 0 Å². The molecule has 0 saturated carbocycles. The van der Waals surface area contributed by atoms with Gasteiger partial charge in [-0.1, -0.05) is 25.1 Å². The van der Waals surface area contributed by atoms with Crippen LogP contribution in [0, 0.1) is 0 Å². The summed E-state index contributed by atoms with van der Waals surface area (Å²) in [6.45, 7) is 9.14. The van der Waals surface area contributed by atoms with Gasteiger partial charge in [0.05, 0.1) is 0 Å². The highest BCUT2D eigenvalue weighted by Crippen LogP contribution is 2.24. The molecule has 0 aromatic heterocycles. The van der Waals surface area contributed by atoms with Crippen LogP contribution in [-0.4, -0.2) is 32.3 Å². The lowest BCUT2D eigenvalue weighted by atomic mass is 10.1. The number of ether oxygens (including phenoxy) is 1. The van der Waals surface area contributed by atoms with Crippen molar-refractivity contribution in [2.24, 2.45) is 0 Å². The largest absolute Gasteiger partial charge is 0.382 e. The minimum atomic E-state index is 0.583. The molecule has 106 valence electrons. The molecule has 1 aliphatic heterocycles. The molecular formula is C16H26N2O. The first-order valence-electron chi connectivity index (χ1n) is 7.49. The molecule has 0 radical (unpaired) electrons. The first-order valence-corrected chi connectivity index (χ1v) is 7.49. The zero-order valence-corrected chi connectivity index (χ0v) is 12.2. The summed E-state index contributed by atoms with van der Waals surface area (Å²) in [4.78, 5) is 2.52. The van der Waals surface area contributed by atoms with Crippen LogP contribution in [0.5, 0.6) is 0 Å². The maximum Gasteiger partial charge on any atom is 0.0482 e. The van der Waals surface area contributed by atoms with E-state index in [1.165, 1.54) is 17.7 Å². The van der Waals surface area contributed by atoms with Crippen molar-refractivity contribution >= 4 is 5.69 Å². The third-order valence-corrected chi connectivity index (χ3v) is 3.77. The molecule has 1 aromatic rings. The first-order chi connectivity index (χ1) is 9.35. The highest BCUT2D eigenvalue weighted by atomic mass is 16.5. The van der Waals surface area contributed by atoms with Crippen LogP contribution in [0.25, 0.3) is 0 Å². The lowest BCUT2D eigenvalue weighted by Crippen LogP contribution is -2.38. The Labute approximate surface area is 116 Å². The van der Waals surface area contributed by atoms with Crippen molar-refractivity contribution in [3.05, 3.63) is 29.8 Å². The molecule has 1 atom stereocenters. The van der Waals surface area contributed by atoms with E-state index in [1.807, 2.05) is 0 Å². The zero-order valence-electron chi connectivity index (χ0n) is 12.2. The fourth-order valence-corrected chi connectivity index (χ4v) is 2.64. The Bertz CT molecular complexity index is 381. The molecule has 0 amide bonds. The minimum Gasteiger partial charge on any atom is -0.382 e. The predicted octanol–water partition coefficient (Wildman–Crippen LogP) is 2.80. The van der Waals surface area contributed by atoms with Crippen molar-refractivity contribution in [1.82, 2.24) is 5.32 Å². The fourth-order valence-electron chi connectivity index (χ4n) is 2.64. The number of hydrogen-bond donors (Lipinski definition) is 1. The number of para-hydroxylation sites is 1. The molecule has 19 heavy (non-hydrogen) atoms. The molecule has 0 fully saturated rings. The van der Waals surface area contributed by atoms with Crippen molar-refractivity contribution < 1.29 is 4.74 Å². The normalized spacial score (nSPS) is 19.1. The Balaban J connectivity index is 2.04. The number of nitrogens with one attached hydrogen (secondary N) is 1. The van der Waals surface area contributed by atoms with E-state index in [9.17, 15) is 0 Å². The predicted molar refractivity (Wildman–Crippen MR) is 80.7 cm³/mol. The second kappa shape index (κ2) is 7.51. The first kappa shape index (κ1) is 14.4. The Morgan fingerprint density at radius 1 is 1.32 bits per heavy atom. The number of nitrogens with zero attached hydrogens (tertiary/aromatic N) is 1. The number of benzene rings is 1. The van der Waals surface area contributed by atoms with E-state index >= 15 is 0 Å². The van der Waals surface area contributed by atoms with Crippen LogP contribution in [0.4, 0.5) is 5.69 Å². The molecule has 0 bridgehead atoms. The smallest absolute Gasteiger partial charge is 0.0482 e. The molecule has 3 heteroatoms. The molecule has 1 N–H and O–H groups in total. The molecule has 1 aliphatic rings. The standard InChI is InChI=1S/C16H26N2O/c1-3-15-13-18(10-7-11-19-4-2)16-9-6-5-8-14(16)12-17-15/h5-6,8-9,15,17H,3-4,7,10-13H2,1-2H3. The van der Waals surface area contributed by atoms with E-state index in [2.05, 4.69) is 48.3 Å². The molecule has 0 aliphatic carbocycles. The van der Waals surface area contributed by atoms with Crippen LogP contribution in [0.2, 0.25) is 0 Å². The van der Waals surface area contributed by atoms with Crippen molar-refractivity contribution in [1.29, 1.82) is 0 Å². The zero-order chi connectivity index (χ0) is 13.5. The van der Waals surface area contributed by atoms with Crippen LogP contribution in [0.1, 0.15) is 32.3 Å². The highest BCUT2D eigenvalue weighted by Gasteiger charge is 2.19. The average molecular weight is 262 g/mol. The van der Waals surface area contributed by atoms with Gasteiger partial charge in [-0.05, 0) is 31.4 Å². The van der Waals surface area contributed by atoms with E-state index in [1.54, 1.807) is 0 Å². The monoisotopic (exact) mass is 262 g/mol. The molecule has 0 spiro atoms. The lowest BCUT2D eigenvalue weighted by Gasteiger charge is -2.27. The van der Waals surface area contributed by atoms with E-state index in [0.717, 1.165) is 39.3 Å². The van der Waals surface area contributed by atoms with Gasteiger partial charge in [-0.2, -0.15) is 0 Å². The van der Waals surface area contributed by atoms with E-state index < -0.39 is 0 Å². The van der Waals surface area contributed by atoms with Gasteiger partial charge >= 0.3 is 0 Å². The number of anilines is 1. The Morgan fingerprint density at radius 2 is 2.16 bits per heavy atom. The van der Waals surface area contributed by atoms with Gasteiger partial charge in [0.25, 0.3) is 0 Å².